The molecule has 6 atom stereocenters. The summed E-state index contributed by atoms with van der Waals surface area (Å²) in [6.07, 6.45) is -2.91. The van der Waals surface area contributed by atoms with E-state index in [1.165, 1.54) is 6.92 Å². The fourth-order valence-electron chi connectivity index (χ4n) is 3.64. The van der Waals surface area contributed by atoms with Gasteiger partial charge in [0.05, 0.1) is 25.7 Å². The largest absolute Gasteiger partial charge is 0.481 e. The van der Waals surface area contributed by atoms with E-state index in [0.29, 0.717) is 0 Å². The number of carbonyl (C=O) groups excluding carboxylic acids is 9. The topological polar surface area (TPSA) is 355 Å². The van der Waals surface area contributed by atoms with Crippen LogP contribution in [0.3, 0.4) is 0 Å². The van der Waals surface area contributed by atoms with Gasteiger partial charge in [0, 0.05) is 6.92 Å². The second kappa shape index (κ2) is 18.3. The van der Waals surface area contributed by atoms with Crippen molar-refractivity contribution >= 4 is 59.1 Å². The Hall–Kier alpha value is -5.30. The highest BCUT2D eigenvalue weighted by molar-refractivity contribution is 5.99. The maximum Gasteiger partial charge on any atom is 0.305 e. The maximum absolute atomic E-state index is 13.3. The third kappa shape index (κ3) is 14.5. The Morgan fingerprint density at radius 1 is 0.568 bits per heavy atom. The van der Waals surface area contributed by atoms with Gasteiger partial charge in [-0.1, -0.05) is 20.3 Å². The lowest BCUT2D eigenvalue weighted by Crippen LogP contribution is -2.61. The summed E-state index contributed by atoms with van der Waals surface area (Å²) in [5, 5.41) is 19.9. The third-order valence-electron chi connectivity index (χ3n) is 6.01. The monoisotopic (exact) mass is 629 g/mol. The van der Waals surface area contributed by atoms with Crippen molar-refractivity contribution in [2.24, 2.45) is 28.9 Å². The number of primary amides is 4. The lowest BCUT2D eigenvalue weighted by Gasteiger charge is -2.28. The van der Waals surface area contributed by atoms with E-state index in [1.54, 1.807) is 6.92 Å². The van der Waals surface area contributed by atoms with Crippen molar-refractivity contribution in [1.82, 2.24) is 26.6 Å². The number of carbonyl (C=O) groups is 10. The van der Waals surface area contributed by atoms with Crippen LogP contribution in [-0.2, 0) is 47.9 Å². The molecule has 9 amide bonds. The van der Waals surface area contributed by atoms with Crippen molar-refractivity contribution < 1.29 is 53.1 Å². The van der Waals surface area contributed by atoms with E-state index in [9.17, 15) is 47.9 Å². The number of amides is 9. The van der Waals surface area contributed by atoms with Gasteiger partial charge >= 0.3 is 5.97 Å². The van der Waals surface area contributed by atoms with E-state index in [2.05, 4.69) is 21.3 Å². The van der Waals surface area contributed by atoms with Crippen molar-refractivity contribution in [3.8, 4) is 0 Å². The molecule has 0 aliphatic rings. The van der Waals surface area contributed by atoms with Crippen molar-refractivity contribution in [3.05, 3.63) is 0 Å². The first kappa shape index (κ1) is 38.7. The predicted molar refractivity (Wildman–Crippen MR) is 148 cm³/mol. The highest BCUT2D eigenvalue weighted by Crippen LogP contribution is 2.10. The molecule has 0 unspecified atom stereocenters. The normalized spacial score (nSPS) is 14.6. The molecule has 0 aromatic rings. The van der Waals surface area contributed by atoms with Crippen LogP contribution in [0.1, 0.15) is 52.9 Å². The second-order valence-corrected chi connectivity index (χ2v) is 9.82. The molecule has 20 nitrogen and oxygen atoms in total. The van der Waals surface area contributed by atoms with E-state index in [0.717, 1.165) is 6.92 Å². The molecule has 0 saturated heterocycles. The first-order valence-corrected chi connectivity index (χ1v) is 13.1. The van der Waals surface area contributed by atoms with Gasteiger partial charge in [0.1, 0.15) is 30.2 Å². The molecule has 44 heavy (non-hydrogen) atoms. The van der Waals surface area contributed by atoms with Gasteiger partial charge in [-0.25, -0.2) is 0 Å². The summed E-state index contributed by atoms with van der Waals surface area (Å²) in [5.74, 6) is -11.6. The first-order valence-electron chi connectivity index (χ1n) is 13.1. The van der Waals surface area contributed by atoms with Crippen LogP contribution < -0.4 is 49.5 Å². The van der Waals surface area contributed by atoms with E-state index in [-0.39, 0.29) is 6.42 Å². The van der Waals surface area contributed by atoms with Crippen LogP contribution in [0.15, 0.2) is 0 Å². The van der Waals surface area contributed by atoms with Gasteiger partial charge in [0.25, 0.3) is 0 Å². The average molecular weight is 630 g/mol. The summed E-state index contributed by atoms with van der Waals surface area (Å²) in [6.45, 7) is 4.23. The second-order valence-electron chi connectivity index (χ2n) is 9.82. The number of rotatable bonds is 20. The van der Waals surface area contributed by atoms with E-state index in [4.69, 9.17) is 28.0 Å². The van der Waals surface area contributed by atoms with E-state index in [1.807, 2.05) is 5.32 Å². The van der Waals surface area contributed by atoms with E-state index < -0.39 is 121 Å². The van der Waals surface area contributed by atoms with Gasteiger partial charge in [-0.05, 0) is 5.92 Å². The summed E-state index contributed by atoms with van der Waals surface area (Å²) in [6, 6.07) is -8.16. The molecule has 0 fully saturated rings. The third-order valence-corrected chi connectivity index (χ3v) is 6.01. The predicted octanol–water partition coefficient (Wildman–Crippen LogP) is -5.94. The van der Waals surface area contributed by atoms with Crippen molar-refractivity contribution in [1.29, 1.82) is 0 Å². The molecule has 0 heterocycles. The zero-order chi connectivity index (χ0) is 34.3. The highest BCUT2D eigenvalue weighted by atomic mass is 16.4. The fourth-order valence-corrected chi connectivity index (χ4v) is 3.64. The van der Waals surface area contributed by atoms with Gasteiger partial charge in [-0.3, -0.25) is 47.9 Å². The molecule has 0 aliphatic carbocycles. The van der Waals surface area contributed by atoms with Gasteiger partial charge in [0.2, 0.25) is 53.2 Å². The molecule has 0 rings (SSSR count). The summed E-state index contributed by atoms with van der Waals surface area (Å²) in [7, 11) is 0. The summed E-state index contributed by atoms with van der Waals surface area (Å²) >= 11 is 0. The van der Waals surface area contributed by atoms with Crippen LogP contribution in [0.2, 0.25) is 0 Å². The molecule has 0 saturated carbocycles. The van der Waals surface area contributed by atoms with Gasteiger partial charge in [-0.2, -0.15) is 0 Å². The Labute approximate surface area is 251 Å². The number of nitrogens with two attached hydrogens (primary N) is 4. The average Bonchev–Trinajstić information content (AvgIpc) is 2.87. The smallest absolute Gasteiger partial charge is 0.305 e. The Bertz CT molecular complexity index is 1140. The Balaban J connectivity index is 6.11. The minimum absolute atomic E-state index is 0.280. The van der Waals surface area contributed by atoms with Crippen LogP contribution >= 0.6 is 0 Å². The van der Waals surface area contributed by atoms with Gasteiger partial charge < -0.3 is 54.6 Å². The van der Waals surface area contributed by atoms with Crippen molar-refractivity contribution in [2.75, 3.05) is 0 Å². The molecular formula is C24H39N9O11. The molecule has 0 bridgehead atoms. The quantitative estimate of drug-likeness (QED) is 0.0604. The Morgan fingerprint density at radius 2 is 0.932 bits per heavy atom. The molecule has 246 valence electrons. The van der Waals surface area contributed by atoms with E-state index >= 15 is 0 Å². The summed E-state index contributed by atoms with van der Waals surface area (Å²) in [4.78, 5) is 121. The maximum atomic E-state index is 13.3. The van der Waals surface area contributed by atoms with Crippen LogP contribution in [0, 0.1) is 5.92 Å². The standard InChI is InChI=1S/C24H39N9O11/c1-4-9(2)19(33-23(43)14(8-18(38)39)29-10(3)34)24(44)32-13(7-17(27)37)22(42)31-12(6-16(26)36)21(41)30-11(20(28)40)5-15(25)35/h9,11-14,19H,4-8H2,1-3H3,(H2,25,35)(H2,26,36)(H2,27,37)(H2,28,40)(H,29,34)(H,30,41)(H,31,42)(H,32,44)(H,33,43)(H,38,39)/t9-,11-,12-,13-,14-,19-/m0/s1. The lowest BCUT2D eigenvalue weighted by atomic mass is 9.97. The van der Waals surface area contributed by atoms with Crippen LogP contribution in [-0.4, -0.2) is 94.4 Å². The molecular weight excluding hydrogens is 590 g/mol. The van der Waals surface area contributed by atoms with Crippen molar-refractivity contribution in [2.45, 2.75) is 83.1 Å². The number of carboxylic acid groups (broad SMARTS) is 1. The zero-order valence-corrected chi connectivity index (χ0v) is 24.3. The molecule has 0 spiro atoms. The van der Waals surface area contributed by atoms with Crippen LogP contribution in [0.5, 0.6) is 0 Å². The number of aliphatic carboxylic acids is 1. The Kier molecular flexibility index (Phi) is 16.1. The first-order chi connectivity index (χ1) is 20.3. The summed E-state index contributed by atoms with van der Waals surface area (Å²) in [5.41, 5.74) is 20.5. The number of carboxylic acids is 1. The molecule has 0 aromatic carbocycles. The van der Waals surface area contributed by atoms with Crippen molar-refractivity contribution in [3.63, 3.8) is 0 Å². The molecule has 0 aliphatic heterocycles. The molecule has 20 heteroatoms. The fraction of sp³-hybridized carbons (Fsp3) is 0.583. The summed E-state index contributed by atoms with van der Waals surface area (Å²) < 4.78 is 0. The Morgan fingerprint density at radius 3 is 1.30 bits per heavy atom. The lowest BCUT2D eigenvalue weighted by molar-refractivity contribution is -0.141. The minimum atomic E-state index is -1.79. The highest BCUT2D eigenvalue weighted by Gasteiger charge is 2.35. The molecule has 14 N–H and O–H groups in total. The number of nitrogens with one attached hydrogen (secondary N) is 5. The molecule has 0 radical (unpaired) electrons. The number of hydrogen-bond donors (Lipinski definition) is 10. The SMILES string of the molecule is CC[C@H](C)[C@H](NC(=O)[C@H](CC(=O)O)NC(C)=O)C(=O)N[C@@H](CC(N)=O)C(=O)N[C@@H](CC(N)=O)C(=O)N[C@@H](CC(N)=O)C(N)=O. The molecule has 0 aromatic heterocycles. The zero-order valence-electron chi connectivity index (χ0n) is 24.3. The van der Waals surface area contributed by atoms with Gasteiger partial charge in [-0.15, -0.1) is 0 Å². The number of hydrogen-bond acceptors (Lipinski definition) is 10. The van der Waals surface area contributed by atoms with Crippen LogP contribution in [0.4, 0.5) is 0 Å². The minimum Gasteiger partial charge on any atom is -0.481 e. The van der Waals surface area contributed by atoms with Crippen LogP contribution in [0.25, 0.3) is 0 Å². The van der Waals surface area contributed by atoms with Gasteiger partial charge in [0.15, 0.2) is 0 Å².